The van der Waals surface area contributed by atoms with E-state index < -0.39 is 42.8 Å². The molecule has 14 nitrogen and oxygen atoms in total. The maximum atomic E-state index is 12.5. The summed E-state index contributed by atoms with van der Waals surface area (Å²) in [5.41, 5.74) is 1.48. The molecule has 1 aliphatic heterocycles. The van der Waals surface area contributed by atoms with Gasteiger partial charge in [-0.1, -0.05) is 106 Å². The van der Waals surface area contributed by atoms with Gasteiger partial charge in [0.25, 0.3) is 5.91 Å². The van der Waals surface area contributed by atoms with Crippen molar-refractivity contribution in [2.75, 3.05) is 20.7 Å². The first kappa shape index (κ1) is 52.3. The van der Waals surface area contributed by atoms with Crippen LogP contribution in [0.15, 0.2) is 108 Å². The smallest absolute Gasteiger partial charge is 0.335 e. The second-order valence-electron chi connectivity index (χ2n) is 15.5. The van der Waals surface area contributed by atoms with E-state index in [0.29, 0.717) is 36.1 Å². The van der Waals surface area contributed by atoms with Crippen LogP contribution in [0.3, 0.4) is 0 Å². The molecule has 0 bridgehead atoms. The molecule has 0 aromatic carbocycles. The number of ether oxygens (including phenoxy) is 3. The van der Waals surface area contributed by atoms with E-state index in [4.69, 9.17) is 19.6 Å². The first-order valence-corrected chi connectivity index (χ1v) is 21.2. The van der Waals surface area contributed by atoms with E-state index in [1.807, 2.05) is 44.2 Å². The van der Waals surface area contributed by atoms with Gasteiger partial charge in [0.05, 0.1) is 13.2 Å². The first-order valence-electron chi connectivity index (χ1n) is 21.2. The second kappa shape index (κ2) is 28.6. The number of amides is 1. The van der Waals surface area contributed by atoms with E-state index in [-0.39, 0.29) is 29.2 Å². The fourth-order valence-corrected chi connectivity index (χ4v) is 6.62. The van der Waals surface area contributed by atoms with Crippen LogP contribution in [-0.2, 0) is 28.6 Å². The Kier molecular flexibility index (Phi) is 24.5. The molecule has 14 heteroatoms. The van der Waals surface area contributed by atoms with Crippen LogP contribution in [0.25, 0.3) is 0 Å². The number of hydrogen-bond donors (Lipinski definition) is 8. The highest BCUT2D eigenvalue weighted by atomic mass is 16.7. The van der Waals surface area contributed by atoms with Gasteiger partial charge in [-0.05, 0) is 69.8 Å². The molecule has 2 aliphatic rings. The Labute approximate surface area is 362 Å². The Balaban J connectivity index is 2.01. The molecule has 0 radical (unpaired) electrons. The van der Waals surface area contributed by atoms with Gasteiger partial charge in [0, 0.05) is 37.9 Å². The summed E-state index contributed by atoms with van der Waals surface area (Å²) in [6.07, 6.45) is 24.4. The highest BCUT2D eigenvalue weighted by Gasteiger charge is 2.48. The molecular weight excluding hydrogens is 781 g/mol. The van der Waals surface area contributed by atoms with Crippen LogP contribution >= 0.6 is 0 Å². The van der Waals surface area contributed by atoms with Crippen LogP contribution in [-0.4, -0.2) is 102 Å². The Bertz CT molecular complexity index is 1710. The highest BCUT2D eigenvalue weighted by molar-refractivity contribution is 6.04. The average molecular weight is 851 g/mol. The molecule has 0 saturated carbocycles. The molecule has 61 heavy (non-hydrogen) atoms. The lowest BCUT2D eigenvalue weighted by Gasteiger charge is -2.40. The van der Waals surface area contributed by atoms with E-state index >= 15 is 0 Å². The van der Waals surface area contributed by atoms with Gasteiger partial charge in [-0.15, -0.1) is 0 Å². The van der Waals surface area contributed by atoms with Crippen molar-refractivity contribution in [3.63, 3.8) is 0 Å². The molecule has 9 unspecified atom stereocenters. The molecule has 0 aromatic heterocycles. The molecule has 8 N–H and O–H groups in total. The molecule has 338 valence electrons. The number of nitrogens with one attached hydrogen (secondary N) is 4. The van der Waals surface area contributed by atoms with Gasteiger partial charge in [-0.3, -0.25) is 15.0 Å². The number of methoxy groups -OCH3 is 1. The van der Waals surface area contributed by atoms with Crippen molar-refractivity contribution < 1.29 is 49.0 Å². The van der Waals surface area contributed by atoms with E-state index in [1.165, 1.54) is 7.11 Å². The Morgan fingerprint density at radius 3 is 2.23 bits per heavy atom. The van der Waals surface area contributed by atoms with E-state index in [0.717, 1.165) is 50.6 Å². The number of carbonyl (C=O) groups excluding carboxylic acids is 2. The lowest BCUT2D eigenvalue weighted by molar-refractivity contribution is -0.303. The average Bonchev–Trinajstić information content (AvgIpc) is 3.58. The van der Waals surface area contributed by atoms with E-state index in [9.17, 15) is 34.8 Å². The topological polar surface area (TPSA) is 220 Å². The third-order valence-electron chi connectivity index (χ3n) is 10.2. The number of carboxylic acids is 1. The summed E-state index contributed by atoms with van der Waals surface area (Å²) < 4.78 is 16.9. The summed E-state index contributed by atoms with van der Waals surface area (Å²) in [6, 6.07) is 0. The summed E-state index contributed by atoms with van der Waals surface area (Å²) in [4.78, 5) is 36.3. The number of guanidine groups is 1. The number of carboxylic acid groups (broad SMARTS) is 1. The van der Waals surface area contributed by atoms with Gasteiger partial charge in [0.15, 0.2) is 24.1 Å². The van der Waals surface area contributed by atoms with Crippen LogP contribution in [0.2, 0.25) is 0 Å². The monoisotopic (exact) mass is 851 g/mol. The summed E-state index contributed by atoms with van der Waals surface area (Å²) >= 11 is 0. The highest BCUT2D eigenvalue weighted by Crippen LogP contribution is 2.29. The summed E-state index contributed by atoms with van der Waals surface area (Å²) in [5.74, 6) is -0.863. The molecule has 1 aliphatic carbocycles. The normalized spacial score (nSPS) is 23.8. The minimum Gasteiger partial charge on any atom is -0.499 e. The minimum atomic E-state index is -1.82. The zero-order chi connectivity index (χ0) is 45.3. The number of aliphatic hydroxyl groups excluding tert-OH is 3. The van der Waals surface area contributed by atoms with Crippen molar-refractivity contribution in [3.05, 3.63) is 108 Å². The summed E-state index contributed by atoms with van der Waals surface area (Å²) in [7, 11) is 3.20. The molecule has 1 heterocycles. The Morgan fingerprint density at radius 1 is 0.885 bits per heavy atom. The van der Waals surface area contributed by atoms with Crippen LogP contribution in [0.1, 0.15) is 86.0 Å². The van der Waals surface area contributed by atoms with Crippen LogP contribution in [0.4, 0.5) is 0 Å². The SMILES string of the molecule is CNC(=N)NCCCC=CCC(C)C=CCCCC(C)C=C(C)C(OC1OC(C(=O)O)C(O)C(O)C1O)C(C)C=CC=CC=CC=CC=C(C)C(=O)NC1=C(OC)CCC1=O. The van der Waals surface area contributed by atoms with Crippen LogP contribution in [0, 0.1) is 23.2 Å². The Hall–Kier alpha value is -4.86. The van der Waals surface area contributed by atoms with Crippen molar-refractivity contribution in [2.24, 2.45) is 17.8 Å². The number of aliphatic carboxylic acids is 1. The third-order valence-corrected chi connectivity index (χ3v) is 10.2. The number of ketones is 1. The van der Waals surface area contributed by atoms with Crippen LogP contribution < -0.4 is 16.0 Å². The standard InChI is InChI=1S/C47H70N4O10/c1-31(22-16-13-14-21-29-50-47(48)49-6)23-17-15-18-24-32(2)30-35(5)42(60-46-41(55)39(53)40(54)43(61-46)45(57)58)33(3)25-19-11-9-8-10-12-20-26-34(4)44(56)51-38-36(52)27-28-37(38)59-7/h8-13,16-17,19-20,23,25-26,30-33,39-43,46,53-55H,14-15,18,21-22,24,27-29H2,1-7H3,(H,51,56)(H,57,58)(H3,48,49,50). The van der Waals surface area contributed by atoms with Gasteiger partial charge in [0.2, 0.25) is 0 Å². The zero-order valence-corrected chi connectivity index (χ0v) is 36.9. The van der Waals surface area contributed by atoms with Gasteiger partial charge in [0.1, 0.15) is 29.8 Å². The van der Waals surface area contributed by atoms with E-state index in [1.54, 1.807) is 38.3 Å². The predicted octanol–water partition coefficient (Wildman–Crippen LogP) is 5.82. The van der Waals surface area contributed by atoms with Gasteiger partial charge in [-0.25, -0.2) is 4.79 Å². The van der Waals surface area contributed by atoms with Crippen molar-refractivity contribution >= 4 is 23.6 Å². The molecule has 0 aromatic rings. The van der Waals surface area contributed by atoms with Gasteiger partial charge >= 0.3 is 5.97 Å². The molecule has 1 saturated heterocycles. The lowest BCUT2D eigenvalue weighted by atomic mass is 9.92. The number of aliphatic hydroxyl groups is 3. The molecule has 1 amide bonds. The zero-order valence-electron chi connectivity index (χ0n) is 36.9. The number of allylic oxidation sites excluding steroid dienone is 15. The van der Waals surface area contributed by atoms with Gasteiger partial charge < -0.3 is 50.6 Å². The number of hydrogen-bond acceptors (Lipinski definition) is 10. The minimum absolute atomic E-state index is 0.149. The van der Waals surface area contributed by atoms with E-state index in [2.05, 4.69) is 60.2 Å². The largest absolute Gasteiger partial charge is 0.499 e. The van der Waals surface area contributed by atoms with Crippen molar-refractivity contribution in [1.82, 2.24) is 16.0 Å². The van der Waals surface area contributed by atoms with Crippen molar-refractivity contribution in [3.8, 4) is 0 Å². The fourth-order valence-electron chi connectivity index (χ4n) is 6.62. The lowest BCUT2D eigenvalue weighted by Crippen LogP contribution is -2.61. The van der Waals surface area contributed by atoms with Crippen molar-refractivity contribution in [1.29, 1.82) is 5.41 Å². The molecule has 1 fully saturated rings. The van der Waals surface area contributed by atoms with Crippen molar-refractivity contribution in [2.45, 2.75) is 123 Å². The number of unbranched alkanes of at least 4 members (excludes halogenated alkanes) is 2. The number of rotatable bonds is 25. The van der Waals surface area contributed by atoms with Crippen LogP contribution in [0.5, 0.6) is 0 Å². The second-order valence-corrected chi connectivity index (χ2v) is 15.5. The number of carbonyl (C=O) groups is 3. The maximum Gasteiger partial charge on any atom is 0.335 e. The molecule has 2 rings (SSSR count). The third kappa shape index (κ3) is 19.2. The quantitative estimate of drug-likeness (QED) is 0.0136. The molecular formula is C47H70N4O10. The van der Waals surface area contributed by atoms with Gasteiger partial charge in [-0.2, -0.15) is 0 Å². The molecule has 0 spiro atoms. The predicted molar refractivity (Wildman–Crippen MR) is 238 cm³/mol. The number of Topliss-reactive ketones (excluding diaryl/α,β-unsaturated/α-hetero) is 1. The maximum absolute atomic E-state index is 12.5. The summed E-state index contributed by atoms with van der Waals surface area (Å²) in [6.45, 7) is 10.6. The summed E-state index contributed by atoms with van der Waals surface area (Å²) in [5, 5.41) is 56.9. The Morgan fingerprint density at radius 2 is 1.56 bits per heavy atom. The first-order chi connectivity index (χ1) is 29.1. The fraction of sp³-hybridized carbons (Fsp3) is 0.532. The molecule has 9 atom stereocenters.